The molecule has 23 heavy (non-hydrogen) atoms. The van der Waals surface area contributed by atoms with Gasteiger partial charge in [-0.3, -0.25) is 9.59 Å². The smallest absolute Gasteiger partial charge is 0.313 e. The molecule has 2 atom stereocenters. The summed E-state index contributed by atoms with van der Waals surface area (Å²) in [5.74, 6) is 0.318. The summed E-state index contributed by atoms with van der Waals surface area (Å²) >= 11 is 1.32. The molecule has 2 aromatic rings. The highest BCUT2D eigenvalue weighted by atomic mass is 32.2. The van der Waals surface area contributed by atoms with Crippen LogP contribution < -0.4 is 5.32 Å². The molecule has 0 aromatic heterocycles. The van der Waals surface area contributed by atoms with Crippen molar-refractivity contribution in [1.29, 1.82) is 0 Å². The predicted octanol–water partition coefficient (Wildman–Crippen LogP) is 2.88. The van der Waals surface area contributed by atoms with Gasteiger partial charge in [0.25, 0.3) is 0 Å². The fourth-order valence-corrected chi connectivity index (χ4v) is 3.50. The lowest BCUT2D eigenvalue weighted by atomic mass is 10.00. The second-order valence-corrected chi connectivity index (χ2v) is 6.86. The van der Waals surface area contributed by atoms with Crippen LogP contribution in [0.1, 0.15) is 17.9 Å². The van der Waals surface area contributed by atoms with Gasteiger partial charge in [0.2, 0.25) is 5.91 Å². The van der Waals surface area contributed by atoms with Crippen LogP contribution >= 0.6 is 11.8 Å². The van der Waals surface area contributed by atoms with Gasteiger partial charge in [-0.15, -0.1) is 11.8 Å². The summed E-state index contributed by atoms with van der Waals surface area (Å²) in [5, 5.41) is 13.9. The van der Waals surface area contributed by atoms with Gasteiger partial charge in [-0.05, 0) is 28.7 Å². The lowest BCUT2D eigenvalue weighted by Gasteiger charge is -2.07. The van der Waals surface area contributed by atoms with Crippen LogP contribution in [0.4, 0.5) is 0 Å². The zero-order valence-electron chi connectivity index (χ0n) is 12.7. The van der Waals surface area contributed by atoms with Crippen LogP contribution in [0.15, 0.2) is 42.5 Å². The average Bonchev–Trinajstić information content (AvgIpc) is 3.34. The number of benzene rings is 2. The Balaban J connectivity index is 1.54. The molecule has 0 aliphatic heterocycles. The second-order valence-electron chi connectivity index (χ2n) is 5.75. The topological polar surface area (TPSA) is 66.4 Å². The fraction of sp³-hybridized carbons (Fsp3) is 0.333. The van der Waals surface area contributed by atoms with E-state index in [1.165, 1.54) is 28.1 Å². The van der Waals surface area contributed by atoms with Gasteiger partial charge in [-0.2, -0.15) is 0 Å². The van der Waals surface area contributed by atoms with Gasteiger partial charge >= 0.3 is 5.97 Å². The molecule has 3 rings (SSSR count). The zero-order valence-corrected chi connectivity index (χ0v) is 13.5. The Morgan fingerprint density at radius 1 is 1.17 bits per heavy atom. The third kappa shape index (κ3) is 3.85. The number of hydrogen-bond acceptors (Lipinski definition) is 3. The summed E-state index contributed by atoms with van der Waals surface area (Å²) in [5.41, 5.74) is 1.25. The molecule has 5 heteroatoms. The highest BCUT2D eigenvalue weighted by Crippen LogP contribution is 2.49. The van der Waals surface area contributed by atoms with Crippen LogP contribution in [0.5, 0.6) is 0 Å². The molecule has 0 saturated heterocycles. The first-order chi connectivity index (χ1) is 11.2. The molecule has 2 unspecified atom stereocenters. The summed E-state index contributed by atoms with van der Waals surface area (Å²) < 4.78 is 0. The molecule has 1 saturated carbocycles. The molecule has 1 amide bonds. The molecular weight excluding hydrogens is 310 g/mol. The van der Waals surface area contributed by atoms with E-state index >= 15 is 0 Å². The molecule has 1 aliphatic carbocycles. The Bertz CT molecular complexity index is 726. The normalized spacial score (nSPS) is 19.5. The SMILES string of the molecule is O=C(O)CSCCNC(=O)C1CC1c1cccc2ccccc12. The summed E-state index contributed by atoms with van der Waals surface area (Å²) in [6.45, 7) is 0.523. The van der Waals surface area contributed by atoms with Gasteiger partial charge in [-0.1, -0.05) is 42.5 Å². The molecule has 0 heterocycles. The van der Waals surface area contributed by atoms with Crippen molar-refractivity contribution in [3.8, 4) is 0 Å². The number of thioether (sulfide) groups is 1. The highest BCUT2D eigenvalue weighted by molar-refractivity contribution is 7.99. The lowest BCUT2D eigenvalue weighted by Crippen LogP contribution is -2.27. The molecule has 1 fully saturated rings. The molecule has 2 aromatic carbocycles. The quantitative estimate of drug-likeness (QED) is 0.767. The summed E-state index contributed by atoms with van der Waals surface area (Å²) in [7, 11) is 0. The number of carbonyl (C=O) groups excluding carboxylic acids is 1. The van der Waals surface area contributed by atoms with Gasteiger partial charge in [0.05, 0.1) is 5.75 Å². The lowest BCUT2D eigenvalue weighted by molar-refractivity contribution is -0.133. The van der Waals surface area contributed by atoms with E-state index in [9.17, 15) is 9.59 Å². The van der Waals surface area contributed by atoms with Gasteiger partial charge in [0, 0.05) is 18.2 Å². The van der Waals surface area contributed by atoms with Gasteiger partial charge < -0.3 is 10.4 Å². The van der Waals surface area contributed by atoms with Crippen LogP contribution in [0.3, 0.4) is 0 Å². The third-order valence-corrected chi connectivity index (χ3v) is 5.07. The third-order valence-electron chi connectivity index (χ3n) is 4.12. The number of nitrogens with one attached hydrogen (secondary N) is 1. The van der Waals surface area contributed by atoms with Crippen LogP contribution in [0.2, 0.25) is 0 Å². The number of carboxylic acid groups (broad SMARTS) is 1. The maximum atomic E-state index is 12.2. The monoisotopic (exact) mass is 329 g/mol. The van der Waals surface area contributed by atoms with Crippen LogP contribution in [-0.2, 0) is 9.59 Å². The molecule has 0 spiro atoms. The highest BCUT2D eigenvalue weighted by Gasteiger charge is 2.44. The first kappa shape index (κ1) is 15.9. The number of amides is 1. The van der Waals surface area contributed by atoms with Crippen molar-refractivity contribution in [3.63, 3.8) is 0 Å². The van der Waals surface area contributed by atoms with Crippen molar-refractivity contribution in [2.45, 2.75) is 12.3 Å². The van der Waals surface area contributed by atoms with Crippen molar-refractivity contribution in [1.82, 2.24) is 5.32 Å². The molecule has 4 nitrogen and oxygen atoms in total. The number of carboxylic acids is 1. The molecule has 120 valence electrons. The molecular formula is C18H19NO3S. The van der Waals surface area contributed by atoms with E-state index in [-0.39, 0.29) is 17.6 Å². The number of fused-ring (bicyclic) bond motifs is 1. The molecule has 0 bridgehead atoms. The Morgan fingerprint density at radius 2 is 1.96 bits per heavy atom. The van der Waals surface area contributed by atoms with E-state index in [4.69, 9.17) is 5.11 Å². The molecule has 2 N–H and O–H groups in total. The van der Waals surface area contributed by atoms with E-state index in [2.05, 4.69) is 29.6 Å². The fourth-order valence-electron chi connectivity index (χ4n) is 2.94. The largest absolute Gasteiger partial charge is 0.481 e. The first-order valence-electron chi connectivity index (χ1n) is 7.71. The Hall–Kier alpha value is -2.01. The van der Waals surface area contributed by atoms with Crippen molar-refractivity contribution in [2.24, 2.45) is 5.92 Å². The van der Waals surface area contributed by atoms with E-state index in [0.717, 1.165) is 6.42 Å². The van der Waals surface area contributed by atoms with Crippen molar-refractivity contribution >= 4 is 34.4 Å². The maximum Gasteiger partial charge on any atom is 0.313 e. The van der Waals surface area contributed by atoms with Crippen molar-refractivity contribution in [3.05, 3.63) is 48.0 Å². The van der Waals surface area contributed by atoms with Crippen molar-refractivity contribution < 1.29 is 14.7 Å². The van der Waals surface area contributed by atoms with E-state index in [1.54, 1.807) is 0 Å². The van der Waals surface area contributed by atoms with Crippen LogP contribution in [-0.4, -0.2) is 35.0 Å². The minimum absolute atomic E-state index is 0.0466. The van der Waals surface area contributed by atoms with E-state index in [1.807, 2.05) is 18.2 Å². The number of rotatable bonds is 7. The standard InChI is InChI=1S/C18H19NO3S/c20-17(21)11-23-9-8-19-18(22)16-10-15(16)14-7-3-5-12-4-1-2-6-13(12)14/h1-7,15-16H,8-11H2,(H,19,22)(H,20,21). The number of hydrogen-bond donors (Lipinski definition) is 2. The number of aliphatic carboxylic acids is 1. The first-order valence-corrected chi connectivity index (χ1v) is 8.87. The van der Waals surface area contributed by atoms with Gasteiger partial charge in [0.15, 0.2) is 0 Å². The maximum absolute atomic E-state index is 12.2. The Kier molecular flexibility index (Phi) is 4.86. The van der Waals surface area contributed by atoms with E-state index < -0.39 is 5.97 Å². The summed E-state index contributed by atoms with van der Waals surface area (Å²) in [6.07, 6.45) is 0.891. The Morgan fingerprint density at radius 3 is 2.78 bits per heavy atom. The summed E-state index contributed by atoms with van der Waals surface area (Å²) in [6, 6.07) is 14.5. The summed E-state index contributed by atoms with van der Waals surface area (Å²) in [4.78, 5) is 22.6. The van der Waals surface area contributed by atoms with Gasteiger partial charge in [-0.25, -0.2) is 0 Å². The predicted molar refractivity (Wildman–Crippen MR) is 92.8 cm³/mol. The van der Waals surface area contributed by atoms with Crippen LogP contribution in [0, 0.1) is 5.92 Å². The zero-order chi connectivity index (χ0) is 16.2. The minimum atomic E-state index is -0.820. The molecule has 0 radical (unpaired) electrons. The van der Waals surface area contributed by atoms with Crippen molar-refractivity contribution in [2.75, 3.05) is 18.1 Å². The van der Waals surface area contributed by atoms with Crippen LogP contribution in [0.25, 0.3) is 10.8 Å². The average molecular weight is 329 g/mol. The molecule has 1 aliphatic rings. The van der Waals surface area contributed by atoms with Gasteiger partial charge in [0.1, 0.15) is 0 Å². The van der Waals surface area contributed by atoms with E-state index in [0.29, 0.717) is 18.2 Å². The number of carbonyl (C=O) groups is 2. The minimum Gasteiger partial charge on any atom is -0.481 e. The second kappa shape index (κ2) is 7.04. The Labute approximate surface area is 139 Å².